The molecule has 28 heavy (non-hydrogen) atoms. The first kappa shape index (κ1) is 18.8. The number of carboxylic acid groups (broad SMARTS) is 1. The van der Waals surface area contributed by atoms with Gasteiger partial charge in [-0.25, -0.2) is 9.78 Å². The van der Waals surface area contributed by atoms with Gasteiger partial charge in [0.2, 0.25) is 0 Å². The zero-order chi connectivity index (χ0) is 19.7. The Kier molecular flexibility index (Phi) is 5.23. The number of hydrogen-bond donors (Lipinski definition) is 1. The molecular weight excluding hydrogens is 374 g/mol. The molecule has 1 aromatic carbocycles. The minimum atomic E-state index is -0.882. The van der Waals surface area contributed by atoms with Crippen LogP contribution in [-0.4, -0.2) is 57.1 Å². The van der Waals surface area contributed by atoms with E-state index in [0.29, 0.717) is 17.0 Å². The first-order valence-corrected chi connectivity index (χ1v) is 10.3. The van der Waals surface area contributed by atoms with Crippen molar-refractivity contribution >= 4 is 33.5 Å². The average molecular weight is 398 g/mol. The van der Waals surface area contributed by atoms with Crippen molar-refractivity contribution in [3.63, 3.8) is 0 Å². The van der Waals surface area contributed by atoms with Crippen LogP contribution in [0.2, 0.25) is 0 Å². The number of aromatic nitrogens is 3. The molecule has 0 aliphatic carbocycles. The molecule has 0 bridgehead atoms. The van der Waals surface area contributed by atoms with Crippen molar-refractivity contribution in [3.05, 3.63) is 46.7 Å². The van der Waals surface area contributed by atoms with Gasteiger partial charge in [-0.15, -0.1) is 0 Å². The summed E-state index contributed by atoms with van der Waals surface area (Å²) < 4.78 is 0. The third kappa shape index (κ3) is 3.57. The third-order valence-corrected chi connectivity index (χ3v) is 6.47. The van der Waals surface area contributed by atoms with Gasteiger partial charge >= 0.3 is 5.97 Å². The van der Waals surface area contributed by atoms with Crippen LogP contribution in [0, 0.1) is 0 Å². The second-order valence-electron chi connectivity index (χ2n) is 6.93. The quantitative estimate of drug-likeness (QED) is 0.708. The maximum atomic E-state index is 11.4. The van der Waals surface area contributed by atoms with E-state index in [9.17, 15) is 9.90 Å². The van der Waals surface area contributed by atoms with Gasteiger partial charge in [-0.3, -0.25) is 14.9 Å². The summed E-state index contributed by atoms with van der Waals surface area (Å²) in [7, 11) is 0. The first-order valence-electron chi connectivity index (χ1n) is 9.49. The number of fused-ring (bicyclic) bond motifs is 1. The van der Waals surface area contributed by atoms with Crippen molar-refractivity contribution in [2.75, 3.05) is 31.1 Å². The Hall–Kier alpha value is -2.58. The van der Waals surface area contributed by atoms with Gasteiger partial charge in [0.05, 0.1) is 16.7 Å². The Bertz CT molecular complexity index is 997. The summed E-state index contributed by atoms with van der Waals surface area (Å²) in [5, 5.41) is 10.2. The van der Waals surface area contributed by atoms with Crippen molar-refractivity contribution in [3.8, 4) is 0 Å². The molecule has 4 rings (SSSR count). The number of thiazole rings is 1. The van der Waals surface area contributed by atoms with Gasteiger partial charge < -0.3 is 10.0 Å². The van der Waals surface area contributed by atoms with Crippen LogP contribution in [0.5, 0.6) is 0 Å². The molecule has 0 radical (unpaired) electrons. The highest BCUT2D eigenvalue weighted by molar-refractivity contribution is 7.17. The Labute approximate surface area is 167 Å². The number of benzene rings is 1. The van der Waals surface area contributed by atoms with Crippen molar-refractivity contribution in [1.82, 2.24) is 19.9 Å². The molecule has 1 unspecified atom stereocenters. The zero-order valence-electron chi connectivity index (χ0n) is 16.0. The fourth-order valence-electron chi connectivity index (χ4n) is 3.63. The fraction of sp³-hybridized carbons (Fsp3) is 0.400. The Balaban J connectivity index is 1.45. The lowest BCUT2D eigenvalue weighted by atomic mass is 10.1. The molecule has 0 saturated carbocycles. The number of aryl methyl sites for hydroxylation is 1. The number of piperazine rings is 1. The van der Waals surface area contributed by atoms with Crippen LogP contribution in [0.25, 0.3) is 11.0 Å². The van der Waals surface area contributed by atoms with Crippen LogP contribution in [-0.2, 0) is 6.42 Å². The lowest BCUT2D eigenvalue weighted by Gasteiger charge is -2.38. The highest BCUT2D eigenvalue weighted by atomic mass is 32.1. The van der Waals surface area contributed by atoms with E-state index in [0.717, 1.165) is 42.3 Å². The van der Waals surface area contributed by atoms with Gasteiger partial charge in [0.1, 0.15) is 4.88 Å². The zero-order valence-corrected chi connectivity index (χ0v) is 16.8. The average Bonchev–Trinajstić information content (AvgIpc) is 3.18. The first-order chi connectivity index (χ1) is 13.6. The van der Waals surface area contributed by atoms with E-state index < -0.39 is 5.97 Å². The fourth-order valence-corrected chi connectivity index (χ4v) is 4.68. The van der Waals surface area contributed by atoms with E-state index in [1.807, 2.05) is 13.0 Å². The van der Waals surface area contributed by atoms with Crippen LogP contribution in [0.1, 0.15) is 40.8 Å². The summed E-state index contributed by atoms with van der Waals surface area (Å²) in [6.45, 7) is 7.65. The van der Waals surface area contributed by atoms with Gasteiger partial charge in [0.25, 0.3) is 0 Å². The summed E-state index contributed by atoms with van der Waals surface area (Å²) in [5.74, 6) is -0.882. The molecule has 7 nitrogen and oxygen atoms in total. The van der Waals surface area contributed by atoms with Crippen molar-refractivity contribution in [1.29, 1.82) is 0 Å². The monoisotopic (exact) mass is 397 g/mol. The lowest BCUT2D eigenvalue weighted by molar-refractivity contribution is 0.0701. The number of anilines is 1. The molecule has 8 heteroatoms. The highest BCUT2D eigenvalue weighted by Crippen LogP contribution is 2.29. The molecule has 1 aliphatic heterocycles. The van der Waals surface area contributed by atoms with E-state index in [1.54, 1.807) is 12.4 Å². The largest absolute Gasteiger partial charge is 0.477 e. The van der Waals surface area contributed by atoms with Crippen LogP contribution >= 0.6 is 11.3 Å². The molecule has 146 valence electrons. The van der Waals surface area contributed by atoms with Crippen molar-refractivity contribution in [2.45, 2.75) is 26.3 Å². The van der Waals surface area contributed by atoms with Gasteiger partial charge in [0.15, 0.2) is 5.13 Å². The summed E-state index contributed by atoms with van der Waals surface area (Å²) >= 11 is 1.29. The standard InChI is InChI=1S/C20H23N5O2S/c1-3-15-18(19(26)27)28-20(23-15)25-10-8-24(9-11-25)13(2)14-4-5-16-17(12-14)22-7-6-21-16/h4-7,12-13H,3,8-11H2,1-2H3,(H,26,27). The van der Waals surface area contributed by atoms with E-state index in [4.69, 9.17) is 0 Å². The number of hydrogen-bond acceptors (Lipinski definition) is 7. The second-order valence-corrected chi connectivity index (χ2v) is 7.91. The Morgan fingerprint density at radius 3 is 2.54 bits per heavy atom. The predicted octanol–water partition coefficient (Wildman–Crippen LogP) is 3.23. The van der Waals surface area contributed by atoms with Crippen LogP contribution in [0.15, 0.2) is 30.6 Å². The van der Waals surface area contributed by atoms with Gasteiger partial charge in [-0.05, 0) is 31.0 Å². The predicted molar refractivity (Wildman–Crippen MR) is 110 cm³/mol. The number of aromatic carboxylic acids is 1. The molecule has 2 aromatic heterocycles. The van der Waals surface area contributed by atoms with E-state index in [-0.39, 0.29) is 6.04 Å². The van der Waals surface area contributed by atoms with Crippen LogP contribution < -0.4 is 4.90 Å². The highest BCUT2D eigenvalue weighted by Gasteiger charge is 2.26. The summed E-state index contributed by atoms with van der Waals surface area (Å²) in [4.78, 5) is 29.7. The molecular formula is C20H23N5O2S. The Morgan fingerprint density at radius 1 is 1.18 bits per heavy atom. The van der Waals surface area contributed by atoms with Crippen molar-refractivity contribution in [2.24, 2.45) is 0 Å². The molecule has 1 saturated heterocycles. The third-order valence-electron chi connectivity index (χ3n) is 5.32. The molecule has 1 atom stereocenters. The van der Waals surface area contributed by atoms with Crippen LogP contribution in [0.4, 0.5) is 5.13 Å². The maximum absolute atomic E-state index is 11.4. The number of rotatable bonds is 5. The molecule has 1 fully saturated rings. The van der Waals surface area contributed by atoms with Gasteiger partial charge in [-0.2, -0.15) is 0 Å². The second kappa shape index (κ2) is 7.81. The summed E-state index contributed by atoms with van der Waals surface area (Å²) in [5.41, 5.74) is 3.74. The molecule has 3 aromatic rings. The molecule has 0 amide bonds. The van der Waals surface area contributed by atoms with Gasteiger partial charge in [0, 0.05) is 44.6 Å². The SMILES string of the molecule is CCc1nc(N2CCN(C(C)c3ccc4nccnc4c3)CC2)sc1C(=O)O. The van der Waals surface area contributed by atoms with Gasteiger partial charge in [-0.1, -0.05) is 24.3 Å². The molecule has 0 spiro atoms. The number of carboxylic acids is 1. The molecule has 3 heterocycles. The lowest BCUT2D eigenvalue weighted by Crippen LogP contribution is -2.47. The van der Waals surface area contributed by atoms with E-state index in [1.165, 1.54) is 16.9 Å². The van der Waals surface area contributed by atoms with E-state index >= 15 is 0 Å². The minimum absolute atomic E-state index is 0.283. The normalized spacial score (nSPS) is 16.4. The Morgan fingerprint density at radius 2 is 1.89 bits per heavy atom. The summed E-state index contributed by atoms with van der Waals surface area (Å²) in [6, 6.07) is 6.55. The van der Waals surface area contributed by atoms with Crippen LogP contribution in [0.3, 0.4) is 0 Å². The molecule has 1 N–H and O–H groups in total. The number of nitrogens with zero attached hydrogens (tertiary/aromatic N) is 5. The minimum Gasteiger partial charge on any atom is -0.477 e. The van der Waals surface area contributed by atoms with E-state index in [2.05, 4.69) is 43.8 Å². The van der Waals surface area contributed by atoms with Crippen molar-refractivity contribution < 1.29 is 9.90 Å². The smallest absolute Gasteiger partial charge is 0.347 e. The number of carbonyl (C=O) groups is 1. The summed E-state index contributed by atoms with van der Waals surface area (Å²) in [6.07, 6.45) is 4.07. The molecule has 1 aliphatic rings. The topological polar surface area (TPSA) is 82.5 Å². The maximum Gasteiger partial charge on any atom is 0.347 e.